The topological polar surface area (TPSA) is 26.0 Å². The maximum atomic E-state index is 5.57. The van der Waals surface area contributed by atoms with Crippen LogP contribution in [0, 0.1) is 11.8 Å². The van der Waals surface area contributed by atoms with Gasteiger partial charge < -0.3 is 5.73 Å². The summed E-state index contributed by atoms with van der Waals surface area (Å²) in [5.41, 5.74) is 5.57. The fourth-order valence-electron chi connectivity index (χ4n) is 1.00. The van der Waals surface area contributed by atoms with Crippen LogP contribution in [0.2, 0.25) is 0 Å². The summed E-state index contributed by atoms with van der Waals surface area (Å²) in [6, 6.07) is 0.542. The summed E-state index contributed by atoms with van der Waals surface area (Å²) in [6.45, 7) is 4.47. The van der Waals surface area contributed by atoms with Crippen molar-refractivity contribution < 1.29 is 0 Å². The third-order valence-electron chi connectivity index (χ3n) is 1.75. The minimum absolute atomic E-state index is 0.542. The predicted octanol–water partition coefficient (Wildman–Crippen LogP) is 0.990. The Balaban J connectivity index is 2.20. The molecule has 0 unspecified atom stereocenters. The van der Waals surface area contributed by atoms with E-state index in [0.29, 0.717) is 6.04 Å². The summed E-state index contributed by atoms with van der Waals surface area (Å²) in [5.74, 6) is 1.66. The van der Waals surface area contributed by atoms with Crippen molar-refractivity contribution in [3.05, 3.63) is 0 Å². The number of rotatable bonds is 1. The van der Waals surface area contributed by atoms with Crippen molar-refractivity contribution in [2.75, 3.05) is 0 Å². The molecule has 0 bridgehead atoms. The Hall–Kier alpha value is -0.0400. The average molecular weight is 99.2 g/mol. The second-order valence-electron chi connectivity index (χ2n) is 2.81. The molecule has 1 nitrogen and oxygen atoms in total. The van der Waals surface area contributed by atoms with Crippen LogP contribution in [0.1, 0.15) is 20.3 Å². The van der Waals surface area contributed by atoms with Gasteiger partial charge in [-0.15, -0.1) is 0 Å². The van der Waals surface area contributed by atoms with Crippen molar-refractivity contribution in [2.24, 2.45) is 17.6 Å². The van der Waals surface area contributed by atoms with Crippen molar-refractivity contribution in [1.82, 2.24) is 0 Å². The van der Waals surface area contributed by atoms with E-state index in [-0.39, 0.29) is 0 Å². The molecule has 0 heterocycles. The standard InChI is InChI=1S/C6H13N/c1-4(2)5-3-6(5)7/h4-6H,3,7H2,1-2H3/t5-,6-/m0/s1. The largest absolute Gasteiger partial charge is 0.327 e. The molecule has 1 fully saturated rings. The first-order valence-electron chi connectivity index (χ1n) is 2.97. The van der Waals surface area contributed by atoms with Gasteiger partial charge in [-0.25, -0.2) is 0 Å². The normalized spacial score (nSPS) is 39.4. The van der Waals surface area contributed by atoms with Crippen molar-refractivity contribution >= 4 is 0 Å². The SMILES string of the molecule is CC(C)[C@@H]1C[C@@H]1N. The van der Waals surface area contributed by atoms with E-state index in [4.69, 9.17) is 5.73 Å². The monoisotopic (exact) mass is 99.1 g/mol. The van der Waals surface area contributed by atoms with Crippen LogP contribution in [0.5, 0.6) is 0 Å². The molecule has 7 heavy (non-hydrogen) atoms. The molecule has 0 radical (unpaired) electrons. The van der Waals surface area contributed by atoms with Gasteiger partial charge in [-0.05, 0) is 18.3 Å². The zero-order valence-electron chi connectivity index (χ0n) is 5.02. The van der Waals surface area contributed by atoms with E-state index in [1.807, 2.05) is 0 Å². The van der Waals surface area contributed by atoms with Gasteiger partial charge in [-0.3, -0.25) is 0 Å². The van der Waals surface area contributed by atoms with E-state index < -0.39 is 0 Å². The van der Waals surface area contributed by atoms with Gasteiger partial charge in [0.25, 0.3) is 0 Å². The molecule has 0 aromatic carbocycles. The number of hydrogen-bond donors (Lipinski definition) is 1. The van der Waals surface area contributed by atoms with Crippen LogP contribution in [0.4, 0.5) is 0 Å². The van der Waals surface area contributed by atoms with Crippen molar-refractivity contribution in [3.8, 4) is 0 Å². The summed E-state index contributed by atoms with van der Waals surface area (Å²) in [5, 5.41) is 0. The number of nitrogens with two attached hydrogens (primary N) is 1. The molecule has 2 atom stereocenters. The first kappa shape index (κ1) is 5.10. The first-order valence-corrected chi connectivity index (χ1v) is 2.97. The molecule has 42 valence electrons. The van der Waals surface area contributed by atoms with Gasteiger partial charge in [-0.1, -0.05) is 13.8 Å². The van der Waals surface area contributed by atoms with Gasteiger partial charge in [0.2, 0.25) is 0 Å². The van der Waals surface area contributed by atoms with E-state index >= 15 is 0 Å². The molecule has 1 heteroatoms. The highest BCUT2D eigenvalue weighted by atomic mass is 14.7. The Labute approximate surface area is 44.9 Å². The zero-order chi connectivity index (χ0) is 5.44. The van der Waals surface area contributed by atoms with Gasteiger partial charge in [-0.2, -0.15) is 0 Å². The Morgan fingerprint density at radius 2 is 2.00 bits per heavy atom. The maximum absolute atomic E-state index is 5.57. The van der Waals surface area contributed by atoms with Crippen molar-refractivity contribution in [1.29, 1.82) is 0 Å². The fraction of sp³-hybridized carbons (Fsp3) is 1.00. The highest BCUT2D eigenvalue weighted by Crippen LogP contribution is 2.34. The first-order chi connectivity index (χ1) is 3.22. The lowest BCUT2D eigenvalue weighted by atomic mass is 10.1. The summed E-state index contributed by atoms with van der Waals surface area (Å²) in [7, 11) is 0. The third kappa shape index (κ3) is 0.942. The Morgan fingerprint density at radius 1 is 1.57 bits per heavy atom. The Kier molecular flexibility index (Phi) is 1.08. The van der Waals surface area contributed by atoms with Gasteiger partial charge in [0.05, 0.1) is 0 Å². The summed E-state index contributed by atoms with van der Waals surface area (Å²) in [4.78, 5) is 0. The lowest BCUT2D eigenvalue weighted by molar-refractivity contribution is 0.547. The fourth-order valence-corrected chi connectivity index (χ4v) is 1.00. The molecule has 0 spiro atoms. The molecule has 0 saturated heterocycles. The van der Waals surface area contributed by atoms with Gasteiger partial charge in [0.15, 0.2) is 0 Å². The highest BCUT2D eigenvalue weighted by Gasteiger charge is 2.35. The summed E-state index contributed by atoms with van der Waals surface area (Å²) < 4.78 is 0. The van der Waals surface area contributed by atoms with Gasteiger partial charge in [0.1, 0.15) is 0 Å². The van der Waals surface area contributed by atoms with Crippen LogP contribution in [-0.2, 0) is 0 Å². The van der Waals surface area contributed by atoms with Crippen molar-refractivity contribution in [2.45, 2.75) is 26.3 Å². The molecule has 0 aromatic heterocycles. The second-order valence-corrected chi connectivity index (χ2v) is 2.81. The zero-order valence-corrected chi connectivity index (χ0v) is 5.02. The molecule has 0 amide bonds. The van der Waals surface area contributed by atoms with Crippen LogP contribution in [0.3, 0.4) is 0 Å². The predicted molar refractivity (Wildman–Crippen MR) is 30.9 cm³/mol. The van der Waals surface area contributed by atoms with Gasteiger partial charge >= 0.3 is 0 Å². The molecule has 1 rings (SSSR count). The van der Waals surface area contributed by atoms with Crippen LogP contribution in [0.25, 0.3) is 0 Å². The molecule has 1 aliphatic rings. The van der Waals surface area contributed by atoms with E-state index in [1.54, 1.807) is 0 Å². The van der Waals surface area contributed by atoms with Crippen LogP contribution >= 0.6 is 0 Å². The smallest absolute Gasteiger partial charge is 0.00735 e. The quantitative estimate of drug-likeness (QED) is 0.521. The van der Waals surface area contributed by atoms with Crippen LogP contribution in [-0.4, -0.2) is 6.04 Å². The van der Waals surface area contributed by atoms with E-state index in [9.17, 15) is 0 Å². The second kappa shape index (κ2) is 1.48. The Morgan fingerprint density at radius 3 is 2.00 bits per heavy atom. The third-order valence-corrected chi connectivity index (χ3v) is 1.75. The average Bonchev–Trinajstić information content (AvgIpc) is 2.17. The molecule has 0 aromatic rings. The highest BCUT2D eigenvalue weighted by molar-refractivity contribution is 4.91. The molecule has 1 aliphatic carbocycles. The van der Waals surface area contributed by atoms with E-state index in [2.05, 4.69) is 13.8 Å². The molecule has 0 aliphatic heterocycles. The minimum Gasteiger partial charge on any atom is -0.327 e. The maximum Gasteiger partial charge on any atom is 0.00735 e. The minimum atomic E-state index is 0.542. The van der Waals surface area contributed by atoms with Crippen LogP contribution in [0.15, 0.2) is 0 Å². The van der Waals surface area contributed by atoms with Crippen LogP contribution < -0.4 is 5.73 Å². The van der Waals surface area contributed by atoms with Gasteiger partial charge in [0, 0.05) is 6.04 Å². The van der Waals surface area contributed by atoms with Crippen molar-refractivity contribution in [3.63, 3.8) is 0 Å². The molecular formula is C6H13N. The molecule has 1 saturated carbocycles. The molecule has 2 N–H and O–H groups in total. The summed E-state index contributed by atoms with van der Waals surface area (Å²) >= 11 is 0. The van der Waals surface area contributed by atoms with E-state index in [1.165, 1.54) is 6.42 Å². The summed E-state index contributed by atoms with van der Waals surface area (Å²) in [6.07, 6.45) is 1.26. The lowest BCUT2D eigenvalue weighted by Crippen LogP contribution is -2.05. The number of hydrogen-bond acceptors (Lipinski definition) is 1. The Bertz CT molecular complexity index is 68.6. The van der Waals surface area contributed by atoms with E-state index in [0.717, 1.165) is 11.8 Å². The molecular weight excluding hydrogens is 86.1 g/mol. The lowest BCUT2D eigenvalue weighted by Gasteiger charge is -1.96.